The van der Waals surface area contributed by atoms with Crippen LogP contribution in [0.15, 0.2) is 23.6 Å². The lowest BCUT2D eigenvalue weighted by Gasteiger charge is -2.16. The Morgan fingerprint density at radius 2 is 2.12 bits per heavy atom. The van der Waals surface area contributed by atoms with Gasteiger partial charge in [0.25, 0.3) is 5.91 Å². The van der Waals surface area contributed by atoms with Crippen LogP contribution in [-0.4, -0.2) is 23.5 Å². The molecule has 142 valence electrons. The topological polar surface area (TPSA) is 77.2 Å². The van der Waals surface area contributed by atoms with E-state index in [9.17, 15) is 18.0 Å². The van der Waals surface area contributed by atoms with E-state index in [2.05, 4.69) is 10.3 Å². The second-order valence-corrected chi connectivity index (χ2v) is 6.77. The fourth-order valence-electron chi connectivity index (χ4n) is 2.24. The first-order chi connectivity index (χ1) is 12.2. The summed E-state index contributed by atoms with van der Waals surface area (Å²) in [7, 11) is 0. The fourth-order valence-corrected chi connectivity index (χ4v) is 3.03. The molecule has 1 amide bonds. The number of alkyl halides is 3. The molecule has 0 atom stereocenters. The predicted molar refractivity (Wildman–Crippen MR) is 93.3 cm³/mol. The van der Waals surface area contributed by atoms with Gasteiger partial charge in [0.05, 0.1) is 16.7 Å². The Kier molecular flexibility index (Phi) is 6.60. The van der Waals surface area contributed by atoms with Crippen LogP contribution in [0.3, 0.4) is 0 Å². The van der Waals surface area contributed by atoms with E-state index in [1.807, 2.05) is 0 Å². The number of ether oxygens (including phenoxy) is 1. The normalized spacial score (nSPS) is 11.7. The number of thiazole rings is 1. The molecule has 2 rings (SSSR count). The van der Waals surface area contributed by atoms with Crippen LogP contribution in [0.1, 0.15) is 40.5 Å². The number of aromatic nitrogens is 1. The summed E-state index contributed by atoms with van der Waals surface area (Å²) >= 11 is 1.29. The second-order valence-electron chi connectivity index (χ2n) is 5.83. The van der Waals surface area contributed by atoms with Crippen molar-refractivity contribution in [2.24, 2.45) is 5.73 Å². The Morgan fingerprint density at radius 3 is 2.73 bits per heavy atom. The van der Waals surface area contributed by atoms with Gasteiger partial charge in [-0.15, -0.1) is 11.3 Å². The molecule has 0 bridgehead atoms. The van der Waals surface area contributed by atoms with Gasteiger partial charge in [-0.1, -0.05) is 6.07 Å². The molecule has 3 N–H and O–H groups in total. The summed E-state index contributed by atoms with van der Waals surface area (Å²) in [5.41, 5.74) is 4.73. The summed E-state index contributed by atoms with van der Waals surface area (Å²) in [6.45, 7) is 3.61. The Bertz CT molecular complexity index is 760. The fraction of sp³-hybridized carbons (Fsp3) is 0.412. The van der Waals surface area contributed by atoms with Crippen LogP contribution >= 0.6 is 11.3 Å². The Balaban J connectivity index is 2.13. The average molecular weight is 387 g/mol. The minimum absolute atomic E-state index is 0.0423. The lowest BCUT2D eigenvalue weighted by atomic mass is 10.1. The zero-order chi connectivity index (χ0) is 19.3. The van der Waals surface area contributed by atoms with Crippen molar-refractivity contribution in [3.05, 3.63) is 45.4 Å². The van der Waals surface area contributed by atoms with Crippen LogP contribution < -0.4 is 15.8 Å². The molecular weight excluding hydrogens is 367 g/mol. The summed E-state index contributed by atoms with van der Waals surface area (Å²) in [5.74, 6) is -0.395. The highest BCUT2D eigenvalue weighted by Crippen LogP contribution is 2.34. The van der Waals surface area contributed by atoms with Crippen molar-refractivity contribution in [3.8, 4) is 5.75 Å². The Hall–Kier alpha value is -2.13. The molecule has 5 nitrogen and oxygen atoms in total. The molecule has 9 heteroatoms. The lowest BCUT2D eigenvalue weighted by Crippen LogP contribution is -2.25. The molecular formula is C17H20F3N3O2S. The molecule has 0 fully saturated rings. The van der Waals surface area contributed by atoms with Gasteiger partial charge in [0.2, 0.25) is 0 Å². The van der Waals surface area contributed by atoms with Gasteiger partial charge in [-0.3, -0.25) is 4.79 Å². The SMILES string of the molecule is CC(C)Oc1ccc(CNC(=O)c2csc(CCN)n2)c(C(F)(F)F)c1. The van der Waals surface area contributed by atoms with E-state index in [-0.39, 0.29) is 29.7 Å². The Labute approximate surface area is 153 Å². The summed E-state index contributed by atoms with van der Waals surface area (Å²) in [4.78, 5) is 16.2. The van der Waals surface area contributed by atoms with Gasteiger partial charge in [-0.2, -0.15) is 13.2 Å². The van der Waals surface area contributed by atoms with Crippen LogP contribution in [0.25, 0.3) is 0 Å². The standard InChI is InChI=1S/C17H20F3N3O2S/c1-10(2)25-12-4-3-11(13(7-12)17(18,19)20)8-22-16(24)14-9-26-15(23-14)5-6-21/h3-4,7,9-10H,5-6,8,21H2,1-2H3,(H,22,24). The summed E-state index contributed by atoms with van der Waals surface area (Å²) in [6.07, 6.45) is -4.24. The van der Waals surface area contributed by atoms with Crippen molar-refractivity contribution in [1.82, 2.24) is 10.3 Å². The molecule has 1 aromatic heterocycles. The number of carbonyl (C=O) groups is 1. The first kappa shape index (κ1) is 20.2. The number of amides is 1. The van der Waals surface area contributed by atoms with Crippen LogP contribution in [0.5, 0.6) is 5.75 Å². The van der Waals surface area contributed by atoms with E-state index in [4.69, 9.17) is 10.5 Å². The summed E-state index contributed by atoms with van der Waals surface area (Å²) in [6, 6.07) is 3.71. The summed E-state index contributed by atoms with van der Waals surface area (Å²) < 4.78 is 45.3. The van der Waals surface area contributed by atoms with Crippen LogP contribution in [0.2, 0.25) is 0 Å². The number of benzene rings is 1. The third-order valence-corrected chi connectivity index (χ3v) is 4.25. The first-order valence-corrected chi connectivity index (χ1v) is 8.88. The highest BCUT2D eigenvalue weighted by Gasteiger charge is 2.34. The number of carbonyl (C=O) groups excluding carboxylic acids is 1. The van der Waals surface area contributed by atoms with Gasteiger partial charge in [-0.25, -0.2) is 4.98 Å². The van der Waals surface area contributed by atoms with E-state index in [1.54, 1.807) is 19.2 Å². The number of nitrogens with one attached hydrogen (secondary N) is 1. The van der Waals surface area contributed by atoms with Crippen LogP contribution in [-0.2, 0) is 19.1 Å². The number of nitrogens with two attached hydrogens (primary N) is 1. The lowest BCUT2D eigenvalue weighted by molar-refractivity contribution is -0.138. The number of halogens is 3. The molecule has 2 aromatic rings. The maximum Gasteiger partial charge on any atom is 0.416 e. The highest BCUT2D eigenvalue weighted by atomic mass is 32.1. The second kappa shape index (κ2) is 8.50. The van der Waals surface area contributed by atoms with E-state index in [1.165, 1.54) is 23.5 Å². The third-order valence-electron chi connectivity index (χ3n) is 3.34. The van der Waals surface area contributed by atoms with Crippen molar-refractivity contribution < 1.29 is 22.7 Å². The average Bonchev–Trinajstić information content (AvgIpc) is 3.01. The van der Waals surface area contributed by atoms with E-state index >= 15 is 0 Å². The van der Waals surface area contributed by atoms with Crippen molar-refractivity contribution in [3.63, 3.8) is 0 Å². The maximum absolute atomic E-state index is 13.3. The molecule has 1 aromatic carbocycles. The molecule has 26 heavy (non-hydrogen) atoms. The molecule has 0 unspecified atom stereocenters. The smallest absolute Gasteiger partial charge is 0.416 e. The molecule has 0 saturated carbocycles. The monoisotopic (exact) mass is 387 g/mol. The van der Waals surface area contributed by atoms with Gasteiger partial charge in [0.15, 0.2) is 0 Å². The van der Waals surface area contributed by atoms with Crippen molar-refractivity contribution in [1.29, 1.82) is 0 Å². The molecule has 1 heterocycles. The molecule has 0 aliphatic rings. The molecule has 0 saturated heterocycles. The van der Waals surface area contributed by atoms with Gasteiger partial charge in [0, 0.05) is 18.3 Å². The van der Waals surface area contributed by atoms with Crippen molar-refractivity contribution >= 4 is 17.2 Å². The van der Waals surface area contributed by atoms with Crippen LogP contribution in [0.4, 0.5) is 13.2 Å². The minimum atomic E-state index is -4.55. The van der Waals surface area contributed by atoms with Gasteiger partial charge < -0.3 is 15.8 Å². The Morgan fingerprint density at radius 1 is 1.38 bits per heavy atom. The number of hydrogen-bond acceptors (Lipinski definition) is 5. The van der Waals surface area contributed by atoms with E-state index in [0.29, 0.717) is 18.0 Å². The minimum Gasteiger partial charge on any atom is -0.491 e. The first-order valence-electron chi connectivity index (χ1n) is 8.00. The molecule has 0 aliphatic carbocycles. The van der Waals surface area contributed by atoms with Gasteiger partial charge >= 0.3 is 6.18 Å². The third kappa shape index (κ3) is 5.43. The van der Waals surface area contributed by atoms with Gasteiger partial charge in [-0.05, 0) is 38.1 Å². The molecule has 0 aliphatic heterocycles. The quantitative estimate of drug-likeness (QED) is 0.764. The van der Waals surface area contributed by atoms with Crippen molar-refractivity contribution in [2.45, 2.75) is 39.1 Å². The molecule has 0 spiro atoms. The number of nitrogens with zero attached hydrogens (tertiary/aromatic N) is 1. The summed E-state index contributed by atoms with van der Waals surface area (Å²) in [5, 5.41) is 4.75. The molecule has 0 radical (unpaired) electrons. The predicted octanol–water partition coefficient (Wildman–Crippen LogP) is 3.38. The highest BCUT2D eigenvalue weighted by molar-refractivity contribution is 7.09. The maximum atomic E-state index is 13.3. The van der Waals surface area contributed by atoms with E-state index in [0.717, 1.165) is 6.07 Å². The number of rotatable bonds is 7. The van der Waals surface area contributed by atoms with E-state index < -0.39 is 17.6 Å². The largest absolute Gasteiger partial charge is 0.491 e. The van der Waals surface area contributed by atoms with Crippen LogP contribution in [0, 0.1) is 0 Å². The zero-order valence-corrected chi connectivity index (χ0v) is 15.2. The number of hydrogen-bond donors (Lipinski definition) is 2. The van der Waals surface area contributed by atoms with Gasteiger partial charge in [0.1, 0.15) is 11.4 Å². The van der Waals surface area contributed by atoms with Crippen molar-refractivity contribution in [2.75, 3.05) is 6.54 Å². The zero-order valence-electron chi connectivity index (χ0n) is 14.4.